The third-order valence-corrected chi connectivity index (χ3v) is 5.94. The quantitative estimate of drug-likeness (QED) is 0.499. The van der Waals surface area contributed by atoms with Crippen LogP contribution in [0, 0.1) is 23.3 Å². The molecule has 0 aromatic rings. The number of nitrogens with one attached hydrogen (secondary N) is 3. The average Bonchev–Trinajstić information content (AvgIpc) is 3.01. The number of nitrogens with zero attached hydrogens (tertiary/aromatic N) is 1. The summed E-state index contributed by atoms with van der Waals surface area (Å²) in [5.41, 5.74) is 0. The van der Waals surface area contributed by atoms with Crippen molar-refractivity contribution in [3.63, 3.8) is 0 Å². The monoisotopic (exact) mass is 326 g/mol. The van der Waals surface area contributed by atoms with Crippen molar-refractivity contribution < 1.29 is 9.53 Å². The Morgan fingerprint density at radius 3 is 3.09 bits per heavy atom. The third-order valence-electron chi connectivity index (χ3n) is 4.48. The summed E-state index contributed by atoms with van der Waals surface area (Å²) in [7, 11) is 1.79. The Hall–Kier alpha value is -0.970. The molecule has 0 bridgehead atoms. The highest BCUT2D eigenvalue weighted by atomic mass is 32.2. The van der Waals surface area contributed by atoms with E-state index in [4.69, 9.17) is 10.00 Å². The number of methoxy groups -OCH3 is 1. The Morgan fingerprint density at radius 1 is 1.55 bits per heavy atom. The van der Waals surface area contributed by atoms with E-state index in [9.17, 15) is 4.79 Å². The van der Waals surface area contributed by atoms with Gasteiger partial charge in [0.25, 0.3) is 0 Å². The third kappa shape index (κ3) is 4.77. The van der Waals surface area contributed by atoms with Crippen molar-refractivity contribution in [1.29, 1.82) is 5.26 Å². The maximum atomic E-state index is 12.1. The summed E-state index contributed by atoms with van der Waals surface area (Å²) in [5.74, 6) is 0.413. The lowest BCUT2D eigenvalue weighted by Crippen LogP contribution is -2.40. The SMILES string of the molecule is COC1CCCC(C2NCC(NC(=O)[C@H](C)CNC#N)S2)C1. The number of rotatable bonds is 6. The molecule has 0 aromatic heterocycles. The molecule has 7 heteroatoms. The van der Waals surface area contributed by atoms with Crippen LogP contribution in [0.1, 0.15) is 32.6 Å². The minimum Gasteiger partial charge on any atom is -0.381 e. The van der Waals surface area contributed by atoms with Gasteiger partial charge in [0.15, 0.2) is 6.19 Å². The Balaban J connectivity index is 1.75. The van der Waals surface area contributed by atoms with Crippen LogP contribution in [0.3, 0.4) is 0 Å². The highest BCUT2D eigenvalue weighted by Crippen LogP contribution is 2.36. The van der Waals surface area contributed by atoms with Gasteiger partial charge in [0, 0.05) is 20.2 Å². The fourth-order valence-corrected chi connectivity index (χ4v) is 4.51. The molecule has 5 atom stereocenters. The normalized spacial score (nSPS) is 33.0. The zero-order valence-electron chi connectivity index (χ0n) is 13.3. The minimum atomic E-state index is -0.202. The van der Waals surface area contributed by atoms with Gasteiger partial charge >= 0.3 is 0 Å². The summed E-state index contributed by atoms with van der Waals surface area (Å²) in [6.45, 7) is 3.01. The van der Waals surface area contributed by atoms with E-state index in [0.29, 0.717) is 23.9 Å². The first-order chi connectivity index (χ1) is 10.6. The van der Waals surface area contributed by atoms with E-state index < -0.39 is 0 Å². The van der Waals surface area contributed by atoms with Crippen LogP contribution in [0.5, 0.6) is 0 Å². The highest BCUT2D eigenvalue weighted by Gasteiger charge is 2.35. The van der Waals surface area contributed by atoms with Crippen LogP contribution in [0.25, 0.3) is 0 Å². The number of hydrogen-bond donors (Lipinski definition) is 3. The lowest BCUT2D eigenvalue weighted by Gasteiger charge is -2.31. The van der Waals surface area contributed by atoms with Gasteiger partial charge < -0.3 is 20.7 Å². The van der Waals surface area contributed by atoms with E-state index in [1.807, 2.05) is 24.9 Å². The minimum absolute atomic E-state index is 0.00103. The molecule has 0 radical (unpaired) electrons. The van der Waals surface area contributed by atoms with Gasteiger partial charge in [-0.05, 0) is 25.2 Å². The number of nitriles is 1. The number of ether oxygens (including phenoxy) is 1. The first-order valence-corrected chi connectivity index (χ1v) is 8.92. The molecule has 6 nitrogen and oxygen atoms in total. The molecular formula is C15H26N4O2S. The van der Waals surface area contributed by atoms with Crippen molar-refractivity contribution in [2.45, 2.75) is 49.5 Å². The Kier molecular flexibility index (Phi) is 6.80. The second-order valence-electron chi connectivity index (χ2n) is 6.14. The molecule has 1 amide bonds. The molecule has 3 N–H and O–H groups in total. The van der Waals surface area contributed by atoms with Crippen molar-refractivity contribution in [1.82, 2.24) is 16.0 Å². The summed E-state index contributed by atoms with van der Waals surface area (Å²) in [4.78, 5) is 12.1. The second kappa shape index (κ2) is 8.61. The van der Waals surface area contributed by atoms with Crippen molar-refractivity contribution in [2.75, 3.05) is 20.2 Å². The molecule has 22 heavy (non-hydrogen) atoms. The van der Waals surface area contributed by atoms with Crippen molar-refractivity contribution >= 4 is 17.7 Å². The Bertz CT molecular complexity index is 415. The molecule has 0 aromatic carbocycles. The maximum Gasteiger partial charge on any atom is 0.225 e. The summed E-state index contributed by atoms with van der Waals surface area (Å²) in [6.07, 6.45) is 6.94. The molecule has 1 saturated carbocycles. The van der Waals surface area contributed by atoms with E-state index in [1.54, 1.807) is 7.11 Å². The van der Waals surface area contributed by atoms with Crippen LogP contribution < -0.4 is 16.0 Å². The number of amides is 1. The largest absolute Gasteiger partial charge is 0.381 e. The molecule has 1 aliphatic carbocycles. The van der Waals surface area contributed by atoms with Gasteiger partial charge in [0.1, 0.15) is 0 Å². The van der Waals surface area contributed by atoms with E-state index >= 15 is 0 Å². The molecule has 2 aliphatic rings. The number of carbonyl (C=O) groups is 1. The molecule has 1 heterocycles. The summed E-state index contributed by atoms with van der Waals surface area (Å²) < 4.78 is 5.50. The molecule has 1 saturated heterocycles. The van der Waals surface area contributed by atoms with E-state index in [1.165, 1.54) is 12.8 Å². The zero-order valence-corrected chi connectivity index (χ0v) is 14.1. The molecular weight excluding hydrogens is 300 g/mol. The highest BCUT2D eigenvalue weighted by molar-refractivity contribution is 8.00. The van der Waals surface area contributed by atoms with Crippen LogP contribution in [-0.4, -0.2) is 43.0 Å². The number of thioether (sulfide) groups is 1. The zero-order chi connectivity index (χ0) is 15.9. The number of carbonyl (C=O) groups excluding carboxylic acids is 1. The predicted molar refractivity (Wildman–Crippen MR) is 86.8 cm³/mol. The van der Waals surface area contributed by atoms with Gasteiger partial charge in [0.2, 0.25) is 5.91 Å². The Morgan fingerprint density at radius 2 is 2.36 bits per heavy atom. The first-order valence-electron chi connectivity index (χ1n) is 7.98. The lowest BCUT2D eigenvalue weighted by atomic mass is 9.87. The fourth-order valence-electron chi connectivity index (χ4n) is 3.12. The van der Waals surface area contributed by atoms with Crippen LogP contribution in [0.4, 0.5) is 0 Å². The summed E-state index contributed by atoms with van der Waals surface area (Å²) in [6, 6.07) is 0. The fraction of sp³-hybridized carbons (Fsp3) is 0.867. The Labute approximate surface area is 136 Å². The van der Waals surface area contributed by atoms with Crippen LogP contribution in [0.2, 0.25) is 0 Å². The lowest BCUT2D eigenvalue weighted by molar-refractivity contribution is -0.124. The molecule has 0 spiro atoms. The van der Waals surface area contributed by atoms with Gasteiger partial charge in [-0.2, -0.15) is 5.26 Å². The molecule has 2 fully saturated rings. The molecule has 1 aliphatic heterocycles. The summed E-state index contributed by atoms with van der Waals surface area (Å²) in [5, 5.41) is 18.1. The second-order valence-corrected chi connectivity index (χ2v) is 7.49. The maximum absolute atomic E-state index is 12.1. The van der Waals surface area contributed by atoms with Crippen LogP contribution in [0.15, 0.2) is 0 Å². The summed E-state index contributed by atoms with van der Waals surface area (Å²) >= 11 is 1.82. The molecule has 2 rings (SSSR count). The van der Waals surface area contributed by atoms with Gasteiger partial charge in [-0.1, -0.05) is 13.3 Å². The first kappa shape index (κ1) is 17.4. The van der Waals surface area contributed by atoms with Crippen LogP contribution in [-0.2, 0) is 9.53 Å². The van der Waals surface area contributed by atoms with Crippen molar-refractivity contribution in [2.24, 2.45) is 11.8 Å². The van der Waals surface area contributed by atoms with Gasteiger partial charge in [-0.25, -0.2) is 0 Å². The van der Waals surface area contributed by atoms with Gasteiger partial charge in [0.05, 0.1) is 22.8 Å². The predicted octanol–water partition coefficient (Wildman–Crippen LogP) is 1.00. The van der Waals surface area contributed by atoms with Crippen molar-refractivity contribution in [3.8, 4) is 6.19 Å². The van der Waals surface area contributed by atoms with Crippen molar-refractivity contribution in [3.05, 3.63) is 0 Å². The smallest absolute Gasteiger partial charge is 0.225 e. The van der Waals surface area contributed by atoms with Gasteiger partial charge in [-0.3, -0.25) is 4.79 Å². The van der Waals surface area contributed by atoms with E-state index in [-0.39, 0.29) is 17.2 Å². The number of hydrogen-bond acceptors (Lipinski definition) is 6. The van der Waals surface area contributed by atoms with Gasteiger partial charge in [-0.15, -0.1) is 11.8 Å². The molecule has 4 unspecified atom stereocenters. The van der Waals surface area contributed by atoms with E-state index in [0.717, 1.165) is 19.4 Å². The topological polar surface area (TPSA) is 86.2 Å². The van der Waals surface area contributed by atoms with Crippen LogP contribution >= 0.6 is 11.8 Å². The average molecular weight is 326 g/mol. The molecule has 124 valence electrons. The van der Waals surface area contributed by atoms with E-state index in [2.05, 4.69) is 16.0 Å². The standard InChI is InChI=1S/C15H26N4O2S/c1-10(7-17-9-16)14(20)19-13-8-18-15(22-13)11-4-3-5-12(6-11)21-2/h10-13,15,17-18H,3-8H2,1-2H3,(H,19,20)/t10-,11?,12?,13?,15?/m1/s1.